The minimum absolute atomic E-state index is 0.251. The second-order valence-electron chi connectivity index (χ2n) is 4.88. The van der Waals surface area contributed by atoms with Gasteiger partial charge in [-0.2, -0.15) is 0 Å². The van der Waals surface area contributed by atoms with Crippen molar-refractivity contribution in [3.05, 3.63) is 35.6 Å². The maximum Gasteiger partial charge on any atom is 0.123 e. The lowest BCUT2D eigenvalue weighted by Crippen LogP contribution is -2.33. The van der Waals surface area contributed by atoms with Gasteiger partial charge in [0.1, 0.15) is 5.82 Å². The Morgan fingerprint density at radius 1 is 1.29 bits per heavy atom. The monoisotopic (exact) mass is 240 g/mol. The van der Waals surface area contributed by atoms with Gasteiger partial charge in [0.25, 0.3) is 0 Å². The molecule has 0 amide bonds. The van der Waals surface area contributed by atoms with E-state index in [0.717, 1.165) is 12.0 Å². The van der Waals surface area contributed by atoms with Crippen molar-refractivity contribution in [2.75, 3.05) is 13.7 Å². The maximum atomic E-state index is 12.8. The fourth-order valence-corrected chi connectivity index (χ4v) is 1.85. The smallest absolute Gasteiger partial charge is 0.123 e. The maximum absolute atomic E-state index is 12.8. The van der Waals surface area contributed by atoms with Gasteiger partial charge in [0.15, 0.2) is 0 Å². The normalized spacial score (nSPS) is 13.7. The van der Waals surface area contributed by atoms with Crippen molar-refractivity contribution in [3.8, 4) is 0 Å². The highest BCUT2D eigenvalue weighted by Gasteiger charge is 2.29. The van der Waals surface area contributed by atoms with Crippen molar-refractivity contribution in [1.29, 1.82) is 0 Å². The van der Waals surface area contributed by atoms with Gasteiger partial charge in [-0.1, -0.05) is 26.0 Å². The van der Waals surface area contributed by atoms with Gasteiger partial charge in [-0.3, -0.25) is 0 Å². The summed E-state index contributed by atoms with van der Waals surface area (Å²) >= 11 is 0. The van der Waals surface area contributed by atoms with Crippen LogP contribution in [0.2, 0.25) is 0 Å². The molecule has 0 aliphatic rings. The van der Waals surface area contributed by atoms with Gasteiger partial charge in [0.2, 0.25) is 0 Å². The van der Waals surface area contributed by atoms with Gasteiger partial charge >= 0.3 is 0 Å². The Morgan fingerprint density at radius 3 is 2.41 bits per heavy atom. The summed E-state index contributed by atoms with van der Waals surface area (Å²) in [7, 11) is 1.65. The van der Waals surface area contributed by atoms with Gasteiger partial charge in [-0.25, -0.2) is 4.39 Å². The molecule has 3 heteroatoms. The fraction of sp³-hybridized carbons (Fsp3) is 0.571. The summed E-state index contributed by atoms with van der Waals surface area (Å²) in [4.78, 5) is 0. The van der Waals surface area contributed by atoms with E-state index in [4.69, 9.17) is 4.74 Å². The summed E-state index contributed by atoms with van der Waals surface area (Å²) in [6.45, 7) is 4.59. The molecular weight excluding hydrogens is 219 g/mol. The predicted molar refractivity (Wildman–Crippen MR) is 66.5 cm³/mol. The molecule has 1 N–H and O–H groups in total. The number of halogens is 1. The van der Waals surface area contributed by atoms with Crippen molar-refractivity contribution in [1.82, 2.24) is 0 Å². The second-order valence-corrected chi connectivity index (χ2v) is 4.88. The van der Waals surface area contributed by atoms with Crippen LogP contribution in [0.3, 0.4) is 0 Å². The summed E-state index contributed by atoms with van der Waals surface area (Å²) in [5.74, 6) is -0.251. The average molecular weight is 240 g/mol. The number of hydrogen-bond donors (Lipinski definition) is 1. The predicted octanol–water partition coefficient (Wildman–Crippen LogP) is 2.89. The van der Waals surface area contributed by atoms with Crippen molar-refractivity contribution in [3.63, 3.8) is 0 Å². The molecule has 1 unspecified atom stereocenters. The molecule has 0 aromatic heterocycles. The Labute approximate surface area is 102 Å². The van der Waals surface area contributed by atoms with Crippen LogP contribution in [0.25, 0.3) is 0 Å². The lowest BCUT2D eigenvalue weighted by atomic mass is 9.78. The van der Waals surface area contributed by atoms with Crippen LogP contribution in [-0.4, -0.2) is 24.9 Å². The fourth-order valence-electron chi connectivity index (χ4n) is 1.85. The Hall–Kier alpha value is -0.930. The van der Waals surface area contributed by atoms with E-state index in [0.29, 0.717) is 13.0 Å². The molecule has 1 rings (SSSR count). The first-order valence-electron chi connectivity index (χ1n) is 5.91. The zero-order chi connectivity index (χ0) is 12.9. The zero-order valence-corrected chi connectivity index (χ0v) is 10.7. The van der Waals surface area contributed by atoms with Crippen LogP contribution < -0.4 is 0 Å². The number of methoxy groups -OCH3 is 1. The number of hydrogen-bond acceptors (Lipinski definition) is 2. The van der Waals surface area contributed by atoms with Gasteiger partial charge in [0.05, 0.1) is 6.10 Å². The molecule has 1 atom stereocenters. The number of aliphatic hydroxyl groups is 1. The molecule has 0 fully saturated rings. The molecule has 0 saturated carbocycles. The average Bonchev–Trinajstić information content (AvgIpc) is 2.29. The van der Waals surface area contributed by atoms with Gasteiger partial charge in [-0.05, 0) is 30.5 Å². The third-order valence-corrected chi connectivity index (χ3v) is 3.25. The van der Waals surface area contributed by atoms with E-state index in [-0.39, 0.29) is 11.2 Å². The summed E-state index contributed by atoms with van der Waals surface area (Å²) < 4.78 is 17.8. The van der Waals surface area contributed by atoms with E-state index >= 15 is 0 Å². The number of rotatable bonds is 6. The molecular formula is C14H21FO2. The molecule has 1 aromatic carbocycles. The Kier molecular flexibility index (Phi) is 5.09. The summed E-state index contributed by atoms with van der Waals surface area (Å²) in [5.41, 5.74) is 0.574. The molecule has 0 bridgehead atoms. The number of benzene rings is 1. The first-order valence-corrected chi connectivity index (χ1v) is 5.91. The van der Waals surface area contributed by atoms with E-state index in [2.05, 4.69) is 0 Å². The van der Waals surface area contributed by atoms with E-state index < -0.39 is 6.10 Å². The highest BCUT2D eigenvalue weighted by atomic mass is 19.1. The van der Waals surface area contributed by atoms with Gasteiger partial charge in [-0.15, -0.1) is 0 Å². The zero-order valence-electron chi connectivity index (χ0n) is 10.7. The summed E-state index contributed by atoms with van der Waals surface area (Å²) in [6.07, 6.45) is 1.05. The van der Waals surface area contributed by atoms with Gasteiger partial charge < -0.3 is 9.84 Å². The Bertz CT molecular complexity index is 333. The highest BCUT2D eigenvalue weighted by molar-refractivity contribution is 5.25. The Morgan fingerprint density at radius 2 is 1.88 bits per heavy atom. The summed E-state index contributed by atoms with van der Waals surface area (Å²) in [6, 6.07) is 6.32. The molecule has 96 valence electrons. The van der Waals surface area contributed by atoms with E-state index in [1.807, 2.05) is 13.8 Å². The van der Waals surface area contributed by atoms with Crippen LogP contribution >= 0.6 is 0 Å². The molecule has 0 aliphatic heterocycles. The highest BCUT2D eigenvalue weighted by Crippen LogP contribution is 2.29. The summed E-state index contributed by atoms with van der Waals surface area (Å²) in [5, 5.41) is 10.2. The number of ether oxygens (including phenoxy) is 1. The third kappa shape index (κ3) is 3.79. The molecule has 0 radical (unpaired) electrons. The van der Waals surface area contributed by atoms with E-state index in [9.17, 15) is 9.50 Å². The first kappa shape index (κ1) is 14.1. The van der Waals surface area contributed by atoms with Crippen molar-refractivity contribution >= 4 is 0 Å². The molecule has 0 heterocycles. The SMILES string of the molecule is COCCCC(O)C(C)(C)c1ccc(F)cc1. The van der Waals surface area contributed by atoms with Crippen LogP contribution in [0.5, 0.6) is 0 Å². The third-order valence-electron chi connectivity index (χ3n) is 3.25. The molecule has 0 aliphatic carbocycles. The quantitative estimate of drug-likeness (QED) is 0.775. The van der Waals surface area contributed by atoms with Crippen molar-refractivity contribution < 1.29 is 14.2 Å². The van der Waals surface area contributed by atoms with E-state index in [1.165, 1.54) is 12.1 Å². The minimum Gasteiger partial charge on any atom is -0.392 e. The lowest BCUT2D eigenvalue weighted by Gasteiger charge is -2.31. The molecule has 0 spiro atoms. The van der Waals surface area contributed by atoms with Gasteiger partial charge in [0, 0.05) is 19.1 Å². The standard InChI is InChI=1S/C14H21FO2/c1-14(2,13(16)5-4-10-17-3)11-6-8-12(15)9-7-11/h6-9,13,16H,4-5,10H2,1-3H3. The van der Waals surface area contributed by atoms with Crippen molar-refractivity contribution in [2.24, 2.45) is 0 Å². The van der Waals surface area contributed by atoms with E-state index in [1.54, 1.807) is 19.2 Å². The van der Waals surface area contributed by atoms with Crippen molar-refractivity contribution in [2.45, 2.75) is 38.2 Å². The first-order chi connectivity index (χ1) is 7.98. The van der Waals surface area contributed by atoms with Crippen LogP contribution in [0, 0.1) is 5.82 Å². The second kappa shape index (κ2) is 6.12. The molecule has 2 nitrogen and oxygen atoms in total. The topological polar surface area (TPSA) is 29.5 Å². The molecule has 1 aromatic rings. The minimum atomic E-state index is -0.455. The molecule has 17 heavy (non-hydrogen) atoms. The van der Waals surface area contributed by atoms with Crippen LogP contribution in [0.1, 0.15) is 32.3 Å². The lowest BCUT2D eigenvalue weighted by molar-refractivity contribution is 0.0784. The number of aliphatic hydroxyl groups excluding tert-OH is 1. The largest absolute Gasteiger partial charge is 0.392 e. The van der Waals surface area contributed by atoms with Crippen LogP contribution in [0.15, 0.2) is 24.3 Å². The van der Waals surface area contributed by atoms with Crippen LogP contribution in [-0.2, 0) is 10.2 Å². The van der Waals surface area contributed by atoms with Crippen LogP contribution in [0.4, 0.5) is 4.39 Å². The molecule has 0 saturated heterocycles. The Balaban J connectivity index is 2.68.